The third-order valence-electron chi connectivity index (χ3n) is 1.48. The van der Waals surface area contributed by atoms with Gasteiger partial charge in [0.05, 0.1) is 6.20 Å². The van der Waals surface area contributed by atoms with Gasteiger partial charge in [-0.15, -0.1) is 0 Å². The van der Waals surface area contributed by atoms with E-state index in [0.29, 0.717) is 17.5 Å². The van der Waals surface area contributed by atoms with Crippen LogP contribution in [0.25, 0.3) is 0 Å². The molecule has 1 rings (SSSR count). The van der Waals surface area contributed by atoms with E-state index < -0.39 is 6.55 Å². The standard InChI is InChI=1S/C7H10F2N2O/c8-7(9)11-5-6(4-10-11)2-1-3-12/h4-5,7,12H,1-3H2. The molecule has 0 aliphatic carbocycles. The van der Waals surface area contributed by atoms with Crippen molar-refractivity contribution in [3.8, 4) is 0 Å². The zero-order valence-electron chi connectivity index (χ0n) is 6.45. The summed E-state index contributed by atoms with van der Waals surface area (Å²) >= 11 is 0. The zero-order valence-corrected chi connectivity index (χ0v) is 6.45. The zero-order chi connectivity index (χ0) is 8.97. The van der Waals surface area contributed by atoms with Crippen LogP contribution in [0, 0.1) is 0 Å². The Morgan fingerprint density at radius 3 is 2.83 bits per heavy atom. The van der Waals surface area contributed by atoms with E-state index in [1.165, 1.54) is 12.4 Å². The molecule has 5 heteroatoms. The summed E-state index contributed by atoms with van der Waals surface area (Å²) in [6.07, 6.45) is 3.85. The van der Waals surface area contributed by atoms with Gasteiger partial charge in [0.1, 0.15) is 0 Å². The molecule has 0 radical (unpaired) electrons. The molecule has 1 aromatic rings. The molecule has 0 bridgehead atoms. The van der Waals surface area contributed by atoms with Crippen molar-refractivity contribution in [2.24, 2.45) is 0 Å². The predicted molar refractivity (Wildman–Crippen MR) is 38.9 cm³/mol. The van der Waals surface area contributed by atoms with Crippen molar-refractivity contribution >= 4 is 0 Å². The molecule has 68 valence electrons. The van der Waals surface area contributed by atoms with E-state index in [1.54, 1.807) is 0 Å². The van der Waals surface area contributed by atoms with Crippen molar-refractivity contribution in [3.63, 3.8) is 0 Å². The van der Waals surface area contributed by atoms with Crippen LogP contribution in [0.2, 0.25) is 0 Å². The Kier molecular flexibility index (Phi) is 3.16. The molecule has 12 heavy (non-hydrogen) atoms. The normalized spacial score (nSPS) is 11.0. The summed E-state index contributed by atoms with van der Waals surface area (Å²) in [5, 5.41) is 11.9. The van der Waals surface area contributed by atoms with Gasteiger partial charge in [-0.25, -0.2) is 4.68 Å². The van der Waals surface area contributed by atoms with Crippen LogP contribution < -0.4 is 0 Å². The number of hydrogen-bond acceptors (Lipinski definition) is 2. The van der Waals surface area contributed by atoms with Crippen LogP contribution in [0.1, 0.15) is 18.5 Å². The van der Waals surface area contributed by atoms with Crippen LogP contribution >= 0.6 is 0 Å². The molecule has 0 fully saturated rings. The highest BCUT2D eigenvalue weighted by molar-refractivity contribution is 5.03. The Hall–Kier alpha value is -0.970. The molecule has 1 heterocycles. The van der Waals surface area contributed by atoms with E-state index in [1.807, 2.05) is 0 Å². The van der Waals surface area contributed by atoms with Gasteiger partial charge in [0.2, 0.25) is 0 Å². The molecule has 1 aromatic heterocycles. The van der Waals surface area contributed by atoms with Crippen molar-refractivity contribution in [1.82, 2.24) is 9.78 Å². The number of aromatic nitrogens is 2. The summed E-state index contributed by atoms with van der Waals surface area (Å²) in [6, 6.07) is 0. The summed E-state index contributed by atoms with van der Waals surface area (Å²) in [5.41, 5.74) is 0.726. The van der Waals surface area contributed by atoms with Gasteiger partial charge in [0.25, 0.3) is 0 Å². The first-order valence-electron chi connectivity index (χ1n) is 3.66. The van der Waals surface area contributed by atoms with Crippen molar-refractivity contribution in [3.05, 3.63) is 18.0 Å². The average Bonchev–Trinajstić information content (AvgIpc) is 2.48. The van der Waals surface area contributed by atoms with E-state index in [0.717, 1.165) is 5.56 Å². The summed E-state index contributed by atoms with van der Waals surface area (Å²) in [4.78, 5) is 0. The molecule has 0 aliphatic rings. The maximum absolute atomic E-state index is 12.0. The summed E-state index contributed by atoms with van der Waals surface area (Å²) in [7, 11) is 0. The quantitative estimate of drug-likeness (QED) is 0.748. The Bertz CT molecular complexity index is 237. The Balaban J connectivity index is 2.52. The molecule has 1 N–H and O–H groups in total. The summed E-state index contributed by atoms with van der Waals surface area (Å²) < 4.78 is 24.5. The fourth-order valence-corrected chi connectivity index (χ4v) is 0.896. The van der Waals surface area contributed by atoms with Gasteiger partial charge >= 0.3 is 6.55 Å². The molecular weight excluding hydrogens is 166 g/mol. The lowest BCUT2D eigenvalue weighted by molar-refractivity contribution is 0.0565. The van der Waals surface area contributed by atoms with Crippen LogP contribution in [0.4, 0.5) is 8.78 Å². The third-order valence-corrected chi connectivity index (χ3v) is 1.48. The average molecular weight is 176 g/mol. The number of halogens is 2. The van der Waals surface area contributed by atoms with Crippen molar-refractivity contribution in [2.75, 3.05) is 6.61 Å². The van der Waals surface area contributed by atoms with E-state index in [9.17, 15) is 8.78 Å². The Morgan fingerprint density at radius 2 is 2.33 bits per heavy atom. The Morgan fingerprint density at radius 1 is 1.58 bits per heavy atom. The minimum atomic E-state index is -2.58. The number of nitrogens with zero attached hydrogens (tertiary/aromatic N) is 2. The van der Waals surface area contributed by atoms with E-state index >= 15 is 0 Å². The second-order valence-corrected chi connectivity index (χ2v) is 2.43. The van der Waals surface area contributed by atoms with Crippen molar-refractivity contribution in [2.45, 2.75) is 19.4 Å². The first-order valence-corrected chi connectivity index (χ1v) is 3.66. The van der Waals surface area contributed by atoms with Gasteiger partial charge in [-0.1, -0.05) is 0 Å². The maximum atomic E-state index is 12.0. The molecule has 0 saturated carbocycles. The van der Waals surface area contributed by atoms with E-state index in [2.05, 4.69) is 5.10 Å². The lowest BCUT2D eigenvalue weighted by atomic mass is 10.2. The van der Waals surface area contributed by atoms with Gasteiger partial charge < -0.3 is 5.11 Å². The molecular formula is C7H10F2N2O. The van der Waals surface area contributed by atoms with E-state index in [4.69, 9.17) is 5.11 Å². The lowest BCUT2D eigenvalue weighted by Gasteiger charge is -1.95. The lowest BCUT2D eigenvalue weighted by Crippen LogP contribution is -1.97. The topological polar surface area (TPSA) is 38.1 Å². The SMILES string of the molecule is OCCCc1cnn(C(F)F)c1. The van der Waals surface area contributed by atoms with Gasteiger partial charge in [0, 0.05) is 12.8 Å². The molecule has 0 aromatic carbocycles. The second-order valence-electron chi connectivity index (χ2n) is 2.43. The minimum Gasteiger partial charge on any atom is -0.396 e. The van der Waals surface area contributed by atoms with Crippen molar-refractivity contribution in [1.29, 1.82) is 0 Å². The fourth-order valence-electron chi connectivity index (χ4n) is 0.896. The van der Waals surface area contributed by atoms with Crippen LogP contribution in [-0.2, 0) is 6.42 Å². The van der Waals surface area contributed by atoms with Crippen LogP contribution in [-0.4, -0.2) is 21.5 Å². The van der Waals surface area contributed by atoms with E-state index in [-0.39, 0.29) is 6.61 Å². The molecule has 0 unspecified atom stereocenters. The van der Waals surface area contributed by atoms with Gasteiger partial charge in [-0.3, -0.25) is 0 Å². The second kappa shape index (κ2) is 4.15. The summed E-state index contributed by atoms with van der Waals surface area (Å²) in [5.74, 6) is 0. The molecule has 0 spiro atoms. The number of aryl methyl sites for hydroxylation is 1. The van der Waals surface area contributed by atoms with Crippen LogP contribution in [0.5, 0.6) is 0 Å². The van der Waals surface area contributed by atoms with Gasteiger partial charge in [0.15, 0.2) is 0 Å². The van der Waals surface area contributed by atoms with Crippen LogP contribution in [0.3, 0.4) is 0 Å². The third kappa shape index (κ3) is 2.27. The number of alkyl halides is 2. The van der Waals surface area contributed by atoms with Gasteiger partial charge in [-0.2, -0.15) is 13.9 Å². The number of aliphatic hydroxyl groups excluding tert-OH is 1. The van der Waals surface area contributed by atoms with Crippen molar-refractivity contribution < 1.29 is 13.9 Å². The fraction of sp³-hybridized carbons (Fsp3) is 0.571. The number of aliphatic hydroxyl groups is 1. The highest BCUT2D eigenvalue weighted by Gasteiger charge is 2.06. The summed E-state index contributed by atoms with van der Waals surface area (Å²) in [6.45, 7) is -2.51. The number of rotatable bonds is 4. The molecule has 0 saturated heterocycles. The largest absolute Gasteiger partial charge is 0.396 e. The highest BCUT2D eigenvalue weighted by atomic mass is 19.3. The minimum absolute atomic E-state index is 0.0693. The predicted octanol–water partition coefficient (Wildman–Crippen LogP) is 1.20. The molecule has 0 amide bonds. The smallest absolute Gasteiger partial charge is 0.333 e. The monoisotopic (exact) mass is 176 g/mol. The first-order chi connectivity index (χ1) is 5.74. The van der Waals surface area contributed by atoms with Crippen LogP contribution in [0.15, 0.2) is 12.4 Å². The Labute approximate surface area is 68.6 Å². The molecule has 0 aliphatic heterocycles. The first kappa shape index (κ1) is 9.12. The maximum Gasteiger partial charge on any atom is 0.333 e. The molecule has 3 nitrogen and oxygen atoms in total. The van der Waals surface area contributed by atoms with Gasteiger partial charge in [-0.05, 0) is 18.4 Å². The molecule has 0 atom stereocenters. The number of hydrogen-bond donors (Lipinski definition) is 1. The highest BCUT2D eigenvalue weighted by Crippen LogP contribution is 2.10.